The Kier molecular flexibility index (Phi) is 5.68. The number of carbonyl (C=O) groups is 1. The van der Waals surface area contributed by atoms with Crippen LogP contribution in [0.3, 0.4) is 0 Å². The van der Waals surface area contributed by atoms with Gasteiger partial charge >= 0.3 is 0 Å². The smallest absolute Gasteiger partial charge is 0.222 e. The van der Waals surface area contributed by atoms with Gasteiger partial charge in [-0.25, -0.2) is 4.98 Å². The van der Waals surface area contributed by atoms with Crippen LogP contribution in [0.25, 0.3) is 0 Å². The largest absolute Gasteiger partial charge is 0.472 e. The Morgan fingerprint density at radius 1 is 1.29 bits per heavy atom. The standard InChI is InChI=1S/C19H25N3O2/c20-13-16-8-9-21-18(11-16)24-17-7-4-10-22(14-17)19(23)12-15-5-2-1-3-6-15/h8-9,11,15,17H,1-7,10,12,14H2. The lowest BCUT2D eigenvalue weighted by atomic mass is 9.86. The molecule has 1 saturated carbocycles. The Labute approximate surface area is 143 Å². The monoisotopic (exact) mass is 327 g/mol. The molecule has 1 amide bonds. The van der Waals surface area contributed by atoms with Gasteiger partial charge in [-0.05, 0) is 37.7 Å². The third-order valence-corrected chi connectivity index (χ3v) is 5.07. The second-order valence-corrected chi connectivity index (χ2v) is 6.92. The average molecular weight is 327 g/mol. The van der Waals surface area contributed by atoms with E-state index in [0.717, 1.165) is 19.4 Å². The highest BCUT2D eigenvalue weighted by Gasteiger charge is 2.27. The van der Waals surface area contributed by atoms with Crippen molar-refractivity contribution < 1.29 is 9.53 Å². The predicted octanol–water partition coefficient (Wildman–Crippen LogP) is 3.29. The molecule has 24 heavy (non-hydrogen) atoms. The summed E-state index contributed by atoms with van der Waals surface area (Å²) in [6.07, 6.45) is 10.4. The fourth-order valence-corrected chi connectivity index (χ4v) is 3.74. The molecule has 1 saturated heterocycles. The Hall–Kier alpha value is -2.09. The van der Waals surface area contributed by atoms with Crippen LogP contribution in [0.15, 0.2) is 18.3 Å². The third kappa shape index (κ3) is 4.47. The van der Waals surface area contributed by atoms with Gasteiger partial charge < -0.3 is 9.64 Å². The van der Waals surface area contributed by atoms with Gasteiger partial charge in [0.2, 0.25) is 11.8 Å². The van der Waals surface area contributed by atoms with E-state index in [0.29, 0.717) is 30.3 Å². The van der Waals surface area contributed by atoms with E-state index in [1.54, 1.807) is 18.3 Å². The van der Waals surface area contributed by atoms with Crippen molar-refractivity contribution in [2.75, 3.05) is 13.1 Å². The van der Waals surface area contributed by atoms with E-state index in [1.807, 2.05) is 4.90 Å². The van der Waals surface area contributed by atoms with E-state index in [1.165, 1.54) is 32.1 Å². The number of piperidine rings is 1. The highest BCUT2D eigenvalue weighted by Crippen LogP contribution is 2.27. The van der Waals surface area contributed by atoms with Crippen molar-refractivity contribution in [2.45, 2.75) is 57.5 Å². The fraction of sp³-hybridized carbons (Fsp3) is 0.632. The SMILES string of the molecule is N#Cc1ccnc(OC2CCCN(C(=O)CC3CCCCC3)C2)c1. The summed E-state index contributed by atoms with van der Waals surface area (Å²) in [4.78, 5) is 18.7. The molecule has 5 nitrogen and oxygen atoms in total. The van der Waals surface area contributed by atoms with Crippen molar-refractivity contribution in [3.8, 4) is 11.9 Å². The van der Waals surface area contributed by atoms with Crippen LogP contribution in [-0.2, 0) is 4.79 Å². The maximum atomic E-state index is 12.6. The molecule has 1 aliphatic carbocycles. The lowest BCUT2D eigenvalue weighted by molar-refractivity contribution is -0.135. The van der Waals surface area contributed by atoms with Crippen molar-refractivity contribution in [1.82, 2.24) is 9.88 Å². The topological polar surface area (TPSA) is 66.2 Å². The van der Waals surface area contributed by atoms with E-state index >= 15 is 0 Å². The van der Waals surface area contributed by atoms with Gasteiger partial charge in [-0.3, -0.25) is 4.79 Å². The number of nitriles is 1. The first-order chi connectivity index (χ1) is 11.7. The van der Waals surface area contributed by atoms with Crippen LogP contribution in [0.1, 0.15) is 56.9 Å². The van der Waals surface area contributed by atoms with E-state index in [4.69, 9.17) is 10.00 Å². The van der Waals surface area contributed by atoms with Crippen molar-refractivity contribution in [2.24, 2.45) is 5.92 Å². The van der Waals surface area contributed by atoms with E-state index < -0.39 is 0 Å². The molecule has 1 aliphatic heterocycles. The Morgan fingerprint density at radius 3 is 2.92 bits per heavy atom. The van der Waals surface area contributed by atoms with Gasteiger partial charge in [-0.1, -0.05) is 19.3 Å². The van der Waals surface area contributed by atoms with Gasteiger partial charge in [0.1, 0.15) is 6.10 Å². The Bertz CT molecular complexity index is 605. The number of rotatable bonds is 4. The molecule has 0 N–H and O–H groups in total. The second kappa shape index (κ2) is 8.14. The molecule has 0 bridgehead atoms. The van der Waals surface area contributed by atoms with Crippen LogP contribution in [0.5, 0.6) is 5.88 Å². The van der Waals surface area contributed by atoms with Crippen molar-refractivity contribution in [3.05, 3.63) is 23.9 Å². The number of aromatic nitrogens is 1. The zero-order valence-corrected chi connectivity index (χ0v) is 14.1. The van der Waals surface area contributed by atoms with Crippen LogP contribution >= 0.6 is 0 Å². The van der Waals surface area contributed by atoms with Gasteiger partial charge in [0.05, 0.1) is 18.2 Å². The number of hydrogen-bond acceptors (Lipinski definition) is 4. The molecular weight excluding hydrogens is 302 g/mol. The number of ether oxygens (including phenoxy) is 1. The quantitative estimate of drug-likeness (QED) is 0.851. The maximum absolute atomic E-state index is 12.6. The number of likely N-dealkylation sites (tertiary alicyclic amines) is 1. The third-order valence-electron chi connectivity index (χ3n) is 5.07. The molecule has 5 heteroatoms. The minimum absolute atomic E-state index is 0.0319. The lowest BCUT2D eigenvalue weighted by Gasteiger charge is -2.34. The number of hydrogen-bond donors (Lipinski definition) is 0. The first-order valence-corrected chi connectivity index (χ1v) is 9.05. The van der Waals surface area contributed by atoms with Crippen LogP contribution in [-0.4, -0.2) is 35.0 Å². The highest BCUT2D eigenvalue weighted by atomic mass is 16.5. The molecule has 1 aromatic heterocycles. The number of amides is 1. The number of carbonyl (C=O) groups excluding carboxylic acids is 1. The van der Waals surface area contributed by atoms with E-state index in [9.17, 15) is 4.79 Å². The summed E-state index contributed by atoms with van der Waals surface area (Å²) in [7, 11) is 0. The summed E-state index contributed by atoms with van der Waals surface area (Å²) < 4.78 is 5.91. The Balaban J connectivity index is 1.53. The minimum Gasteiger partial charge on any atom is -0.472 e. The predicted molar refractivity (Wildman–Crippen MR) is 90.4 cm³/mol. The van der Waals surface area contributed by atoms with Crippen molar-refractivity contribution >= 4 is 5.91 Å². The molecule has 0 radical (unpaired) electrons. The minimum atomic E-state index is -0.0319. The maximum Gasteiger partial charge on any atom is 0.222 e. The summed E-state index contributed by atoms with van der Waals surface area (Å²) in [5.41, 5.74) is 0.543. The molecule has 1 aromatic rings. The van der Waals surface area contributed by atoms with Gasteiger partial charge in [0, 0.05) is 25.2 Å². The van der Waals surface area contributed by atoms with Gasteiger partial charge in [-0.15, -0.1) is 0 Å². The first kappa shape index (κ1) is 16.8. The molecule has 3 rings (SSSR count). The molecule has 2 fully saturated rings. The zero-order chi connectivity index (χ0) is 16.8. The summed E-state index contributed by atoms with van der Waals surface area (Å²) >= 11 is 0. The fourth-order valence-electron chi connectivity index (χ4n) is 3.74. The molecular formula is C19H25N3O2. The first-order valence-electron chi connectivity index (χ1n) is 9.05. The lowest BCUT2D eigenvalue weighted by Crippen LogP contribution is -2.45. The number of nitrogens with zero attached hydrogens (tertiary/aromatic N) is 3. The van der Waals surface area contributed by atoms with Gasteiger partial charge in [0.25, 0.3) is 0 Å². The molecule has 1 atom stereocenters. The van der Waals surface area contributed by atoms with Crippen LogP contribution in [0.2, 0.25) is 0 Å². The average Bonchev–Trinajstić information content (AvgIpc) is 2.63. The number of pyridine rings is 1. The molecule has 2 aliphatic rings. The highest BCUT2D eigenvalue weighted by molar-refractivity contribution is 5.76. The van der Waals surface area contributed by atoms with E-state index in [-0.39, 0.29) is 12.0 Å². The van der Waals surface area contributed by atoms with Gasteiger partial charge in [0.15, 0.2) is 0 Å². The molecule has 0 spiro atoms. The van der Waals surface area contributed by atoms with Crippen molar-refractivity contribution in [3.63, 3.8) is 0 Å². The van der Waals surface area contributed by atoms with E-state index in [2.05, 4.69) is 11.1 Å². The summed E-state index contributed by atoms with van der Waals surface area (Å²) in [5.74, 6) is 1.32. The van der Waals surface area contributed by atoms with Crippen LogP contribution < -0.4 is 4.74 Å². The molecule has 2 heterocycles. The second-order valence-electron chi connectivity index (χ2n) is 6.92. The van der Waals surface area contributed by atoms with Gasteiger partial charge in [-0.2, -0.15) is 5.26 Å². The summed E-state index contributed by atoms with van der Waals surface area (Å²) in [6.45, 7) is 1.46. The summed E-state index contributed by atoms with van der Waals surface area (Å²) in [5, 5.41) is 8.95. The van der Waals surface area contributed by atoms with Crippen LogP contribution in [0.4, 0.5) is 0 Å². The molecule has 1 unspecified atom stereocenters. The molecule has 0 aromatic carbocycles. The zero-order valence-electron chi connectivity index (χ0n) is 14.1. The summed E-state index contributed by atoms with van der Waals surface area (Å²) in [6, 6.07) is 5.41. The van der Waals surface area contributed by atoms with Crippen molar-refractivity contribution in [1.29, 1.82) is 5.26 Å². The van der Waals surface area contributed by atoms with Crippen LogP contribution in [0, 0.1) is 17.2 Å². The normalized spacial score (nSPS) is 22.0. The molecule has 128 valence electrons. The Morgan fingerprint density at radius 2 is 2.12 bits per heavy atom.